The van der Waals surface area contributed by atoms with Gasteiger partial charge in [0.05, 0.1) is 31.1 Å². The first-order valence-electron chi connectivity index (χ1n) is 7.98. The lowest BCUT2D eigenvalue weighted by atomic mass is 9.86. The van der Waals surface area contributed by atoms with Crippen LogP contribution in [0.5, 0.6) is 5.75 Å². The summed E-state index contributed by atoms with van der Waals surface area (Å²) in [7, 11) is 1.60. The Morgan fingerprint density at radius 2 is 2.04 bits per heavy atom. The number of ether oxygens (including phenoxy) is 1. The Hall–Kier alpha value is -2.47. The number of likely N-dealkylation sites (tertiary alicyclic amines) is 1. The van der Waals surface area contributed by atoms with Crippen LogP contribution >= 0.6 is 0 Å². The first kappa shape index (κ1) is 16.4. The van der Waals surface area contributed by atoms with Gasteiger partial charge < -0.3 is 14.7 Å². The molecule has 24 heavy (non-hydrogen) atoms. The third kappa shape index (κ3) is 2.97. The van der Waals surface area contributed by atoms with E-state index >= 15 is 0 Å². The number of amides is 1. The van der Waals surface area contributed by atoms with Crippen LogP contribution in [0.3, 0.4) is 0 Å². The highest BCUT2D eigenvalue weighted by molar-refractivity contribution is 5.94. The van der Waals surface area contributed by atoms with Gasteiger partial charge in [0, 0.05) is 6.54 Å². The van der Waals surface area contributed by atoms with Crippen LogP contribution in [0.2, 0.25) is 0 Å². The summed E-state index contributed by atoms with van der Waals surface area (Å²) in [5.41, 5.74) is 0.113. The van der Waals surface area contributed by atoms with Gasteiger partial charge in [0.2, 0.25) is 0 Å². The molecule has 126 valence electrons. The number of hydrogen-bond acceptors (Lipinski definition) is 5. The van der Waals surface area contributed by atoms with Crippen LogP contribution < -0.4 is 4.74 Å². The van der Waals surface area contributed by atoms with Crippen molar-refractivity contribution in [3.8, 4) is 5.75 Å². The van der Waals surface area contributed by atoms with E-state index in [-0.39, 0.29) is 11.9 Å². The third-order valence-corrected chi connectivity index (χ3v) is 4.67. The molecule has 0 spiro atoms. The Kier molecular flexibility index (Phi) is 4.49. The van der Waals surface area contributed by atoms with Crippen LogP contribution in [-0.4, -0.2) is 45.8 Å². The van der Waals surface area contributed by atoms with Gasteiger partial charge in [-0.25, -0.2) is 0 Å². The molecule has 1 aliphatic heterocycles. The van der Waals surface area contributed by atoms with Crippen molar-refractivity contribution in [3.63, 3.8) is 0 Å². The lowest BCUT2D eigenvalue weighted by Crippen LogP contribution is -2.48. The van der Waals surface area contributed by atoms with Gasteiger partial charge >= 0.3 is 0 Å². The molecule has 1 N–H and O–H groups in total. The first-order valence-corrected chi connectivity index (χ1v) is 7.98. The second-order valence-electron chi connectivity index (χ2n) is 6.16. The second-order valence-corrected chi connectivity index (χ2v) is 6.16. The Bertz CT molecular complexity index is 701. The van der Waals surface area contributed by atoms with Crippen molar-refractivity contribution in [2.75, 3.05) is 13.7 Å². The molecule has 2 aromatic rings. The number of methoxy groups -OCH3 is 1. The zero-order valence-electron chi connectivity index (χ0n) is 13.8. The molecule has 0 bridgehead atoms. The molecule has 1 aliphatic rings. The molecular formula is C18H21N3O3. The second kappa shape index (κ2) is 6.57. The molecule has 6 nitrogen and oxygen atoms in total. The molecule has 2 atom stereocenters. The molecule has 2 unspecified atom stereocenters. The number of nitrogens with zero attached hydrogens (tertiary/aromatic N) is 3. The molecule has 3 rings (SSSR count). The van der Waals surface area contributed by atoms with E-state index in [0.29, 0.717) is 12.1 Å². The van der Waals surface area contributed by atoms with E-state index in [2.05, 4.69) is 10.2 Å². The SMILES string of the molecule is COc1ccc(C(C)(O)C2CCCN2C(=O)c2ccnnc2)cc1. The zero-order valence-corrected chi connectivity index (χ0v) is 13.8. The van der Waals surface area contributed by atoms with Crippen LogP contribution in [0.1, 0.15) is 35.7 Å². The molecule has 0 aliphatic carbocycles. The van der Waals surface area contributed by atoms with Crippen molar-refractivity contribution >= 4 is 5.91 Å². The van der Waals surface area contributed by atoms with Gasteiger partial charge in [0.15, 0.2) is 0 Å². The summed E-state index contributed by atoms with van der Waals surface area (Å²) in [6.45, 7) is 2.38. The maximum absolute atomic E-state index is 12.8. The molecule has 1 amide bonds. The molecule has 1 aromatic heterocycles. The van der Waals surface area contributed by atoms with E-state index in [1.807, 2.05) is 24.3 Å². The standard InChI is InChI=1S/C18H21N3O3/c1-18(23,14-5-7-15(24-2)8-6-14)16-4-3-11-21(16)17(22)13-9-10-19-20-12-13/h5-10,12,16,23H,3-4,11H2,1-2H3. The van der Waals surface area contributed by atoms with Crippen molar-refractivity contribution in [1.82, 2.24) is 15.1 Å². The first-order chi connectivity index (χ1) is 11.5. The predicted molar refractivity (Wildman–Crippen MR) is 88.7 cm³/mol. The molecule has 1 fully saturated rings. The van der Waals surface area contributed by atoms with Gasteiger partial charge in [-0.1, -0.05) is 12.1 Å². The maximum atomic E-state index is 12.8. The Morgan fingerprint density at radius 3 is 2.67 bits per heavy atom. The van der Waals surface area contributed by atoms with E-state index in [1.54, 1.807) is 25.0 Å². The Morgan fingerprint density at radius 1 is 1.29 bits per heavy atom. The van der Waals surface area contributed by atoms with Gasteiger partial charge in [0.1, 0.15) is 11.4 Å². The topological polar surface area (TPSA) is 75.6 Å². The maximum Gasteiger partial charge on any atom is 0.255 e. The summed E-state index contributed by atoms with van der Waals surface area (Å²) >= 11 is 0. The van der Waals surface area contributed by atoms with E-state index in [0.717, 1.165) is 24.2 Å². The normalized spacial score (nSPS) is 19.8. The number of rotatable bonds is 4. The van der Waals surface area contributed by atoms with E-state index in [1.165, 1.54) is 12.4 Å². The molecule has 1 saturated heterocycles. The molecule has 2 heterocycles. The highest BCUT2D eigenvalue weighted by atomic mass is 16.5. The minimum atomic E-state index is -1.14. The average molecular weight is 327 g/mol. The average Bonchev–Trinajstić information content (AvgIpc) is 3.12. The molecule has 0 saturated carbocycles. The molecule has 0 radical (unpaired) electrons. The smallest absolute Gasteiger partial charge is 0.255 e. The molecular weight excluding hydrogens is 306 g/mol. The van der Waals surface area contributed by atoms with Crippen molar-refractivity contribution in [2.24, 2.45) is 0 Å². The quantitative estimate of drug-likeness (QED) is 0.929. The number of aliphatic hydroxyl groups is 1. The predicted octanol–water partition coefficient (Wildman–Crippen LogP) is 2.00. The van der Waals surface area contributed by atoms with Crippen LogP contribution in [0, 0.1) is 0 Å². The monoisotopic (exact) mass is 327 g/mol. The van der Waals surface area contributed by atoms with Crippen LogP contribution in [0.4, 0.5) is 0 Å². The van der Waals surface area contributed by atoms with Gasteiger partial charge in [0.25, 0.3) is 5.91 Å². The van der Waals surface area contributed by atoms with E-state index < -0.39 is 5.60 Å². The highest BCUT2D eigenvalue weighted by Gasteiger charge is 2.42. The van der Waals surface area contributed by atoms with Gasteiger partial charge in [-0.3, -0.25) is 4.79 Å². The van der Waals surface area contributed by atoms with Crippen molar-refractivity contribution in [1.29, 1.82) is 0 Å². The molecule has 1 aromatic carbocycles. The summed E-state index contributed by atoms with van der Waals surface area (Å²) in [6.07, 6.45) is 4.57. The van der Waals surface area contributed by atoms with Crippen LogP contribution in [0.25, 0.3) is 0 Å². The fraction of sp³-hybridized carbons (Fsp3) is 0.389. The lowest BCUT2D eigenvalue weighted by Gasteiger charge is -2.37. The number of carbonyl (C=O) groups is 1. The number of carbonyl (C=O) groups excluding carboxylic acids is 1. The highest BCUT2D eigenvalue weighted by Crippen LogP contribution is 2.36. The van der Waals surface area contributed by atoms with Crippen molar-refractivity contribution in [3.05, 3.63) is 53.9 Å². The minimum Gasteiger partial charge on any atom is -0.497 e. The van der Waals surface area contributed by atoms with E-state index in [4.69, 9.17) is 4.74 Å². The molecule has 6 heteroatoms. The summed E-state index contributed by atoms with van der Waals surface area (Å²) < 4.78 is 5.17. The Labute approximate surface area is 141 Å². The van der Waals surface area contributed by atoms with Gasteiger partial charge in [-0.2, -0.15) is 10.2 Å². The summed E-state index contributed by atoms with van der Waals surface area (Å²) in [4.78, 5) is 14.5. The van der Waals surface area contributed by atoms with Crippen LogP contribution in [-0.2, 0) is 5.60 Å². The number of aromatic nitrogens is 2. The Balaban J connectivity index is 1.87. The van der Waals surface area contributed by atoms with Gasteiger partial charge in [-0.05, 0) is 43.5 Å². The summed E-state index contributed by atoms with van der Waals surface area (Å²) in [5.74, 6) is 0.609. The van der Waals surface area contributed by atoms with E-state index in [9.17, 15) is 9.90 Å². The van der Waals surface area contributed by atoms with Gasteiger partial charge in [-0.15, -0.1) is 0 Å². The fourth-order valence-electron chi connectivity index (χ4n) is 3.30. The number of hydrogen-bond donors (Lipinski definition) is 1. The fourth-order valence-corrected chi connectivity index (χ4v) is 3.30. The summed E-state index contributed by atoms with van der Waals surface area (Å²) in [5, 5.41) is 18.6. The van der Waals surface area contributed by atoms with Crippen LogP contribution in [0.15, 0.2) is 42.7 Å². The third-order valence-electron chi connectivity index (χ3n) is 4.67. The number of benzene rings is 1. The largest absolute Gasteiger partial charge is 0.497 e. The summed E-state index contributed by atoms with van der Waals surface area (Å²) in [6, 6.07) is 8.68. The van der Waals surface area contributed by atoms with Crippen molar-refractivity contribution < 1.29 is 14.6 Å². The minimum absolute atomic E-state index is 0.124. The lowest BCUT2D eigenvalue weighted by molar-refractivity contribution is -0.0177. The van der Waals surface area contributed by atoms with Crippen molar-refractivity contribution in [2.45, 2.75) is 31.4 Å². The zero-order chi connectivity index (χ0) is 17.2.